The number of methoxy groups -OCH3 is 1. The minimum atomic E-state index is -1.03. The van der Waals surface area contributed by atoms with Crippen molar-refractivity contribution in [2.75, 3.05) is 31.0 Å². The number of hydrogen-bond acceptors (Lipinski definition) is 4. The number of carbonyl (C=O) groups is 2. The van der Waals surface area contributed by atoms with Gasteiger partial charge in [0.15, 0.2) is 0 Å². The number of carbonyl (C=O) groups excluding carboxylic acids is 1. The first kappa shape index (κ1) is 26.2. The highest BCUT2D eigenvalue weighted by atomic mass is 16.5. The lowest BCUT2D eigenvalue weighted by atomic mass is 10.0. The first-order valence-electron chi connectivity index (χ1n) is 12.2. The lowest BCUT2D eigenvalue weighted by molar-refractivity contribution is -0.131. The van der Waals surface area contributed by atoms with E-state index in [9.17, 15) is 9.59 Å². The van der Waals surface area contributed by atoms with E-state index in [-0.39, 0.29) is 5.91 Å². The van der Waals surface area contributed by atoms with Crippen molar-refractivity contribution < 1.29 is 19.4 Å². The van der Waals surface area contributed by atoms with Crippen molar-refractivity contribution >= 4 is 29.3 Å². The molecule has 6 heteroatoms. The average Bonchev–Trinajstić information content (AvgIpc) is 2.95. The van der Waals surface area contributed by atoms with Gasteiger partial charge in [-0.1, -0.05) is 60.7 Å². The van der Waals surface area contributed by atoms with Crippen molar-refractivity contribution in [2.24, 2.45) is 0 Å². The molecule has 192 valence electrons. The van der Waals surface area contributed by atoms with Gasteiger partial charge in [-0.15, -0.1) is 0 Å². The number of hydrogen-bond donors (Lipinski definition) is 1. The van der Waals surface area contributed by atoms with Crippen molar-refractivity contribution in [1.82, 2.24) is 0 Å². The van der Waals surface area contributed by atoms with Gasteiger partial charge in [0.1, 0.15) is 5.75 Å². The molecule has 4 aromatic rings. The van der Waals surface area contributed by atoms with Crippen LogP contribution in [-0.4, -0.2) is 38.2 Å². The van der Waals surface area contributed by atoms with E-state index < -0.39 is 5.97 Å². The van der Waals surface area contributed by atoms with Crippen LogP contribution in [-0.2, 0) is 11.3 Å². The van der Waals surface area contributed by atoms with Crippen LogP contribution in [0.4, 0.5) is 11.4 Å². The Labute approximate surface area is 223 Å². The lowest BCUT2D eigenvalue weighted by Gasteiger charge is -2.24. The molecule has 0 aliphatic carbocycles. The Kier molecular flexibility index (Phi) is 8.23. The third kappa shape index (κ3) is 6.28. The molecule has 0 atom stereocenters. The normalized spacial score (nSPS) is 10.8. The summed E-state index contributed by atoms with van der Waals surface area (Å²) in [6.07, 6.45) is 2.59. The van der Waals surface area contributed by atoms with Gasteiger partial charge in [0, 0.05) is 31.5 Å². The van der Waals surface area contributed by atoms with Gasteiger partial charge in [-0.05, 0) is 64.7 Å². The number of benzene rings is 4. The van der Waals surface area contributed by atoms with E-state index in [0.29, 0.717) is 29.1 Å². The standard InChI is InChI=1S/C32H30N2O4/c1-33(2)27-18-16-26(17-19-27)25-14-11-24(12-15-25)22-34(32(37)29-9-4-5-10-30(29)38-3)28-8-6-7-23(21-28)13-20-31(35)36/h4-21H,22H2,1-3H3,(H,35,36)/b20-13+. The van der Waals surface area contributed by atoms with Crippen LogP contribution in [0, 0.1) is 0 Å². The number of para-hydroxylation sites is 1. The third-order valence-electron chi connectivity index (χ3n) is 6.19. The maximum Gasteiger partial charge on any atom is 0.328 e. The molecule has 0 fully saturated rings. The van der Waals surface area contributed by atoms with Crippen molar-refractivity contribution in [3.63, 3.8) is 0 Å². The summed E-state index contributed by atoms with van der Waals surface area (Å²) in [6.45, 7) is 0.322. The molecule has 0 heterocycles. The third-order valence-corrected chi connectivity index (χ3v) is 6.19. The second-order valence-corrected chi connectivity index (χ2v) is 9.00. The first-order valence-corrected chi connectivity index (χ1v) is 12.2. The fourth-order valence-electron chi connectivity index (χ4n) is 4.15. The van der Waals surface area contributed by atoms with Crippen molar-refractivity contribution in [3.05, 3.63) is 120 Å². The number of carboxylic acids is 1. The number of nitrogens with zero attached hydrogens (tertiary/aromatic N) is 2. The van der Waals surface area contributed by atoms with Crippen LogP contribution in [0.5, 0.6) is 5.75 Å². The van der Waals surface area contributed by atoms with E-state index in [1.807, 2.05) is 38.4 Å². The van der Waals surface area contributed by atoms with Crippen LogP contribution in [0.2, 0.25) is 0 Å². The van der Waals surface area contributed by atoms with E-state index >= 15 is 0 Å². The zero-order chi connectivity index (χ0) is 27.1. The molecule has 1 N–H and O–H groups in total. The summed E-state index contributed by atoms with van der Waals surface area (Å²) in [6, 6.07) is 30.9. The highest BCUT2D eigenvalue weighted by molar-refractivity contribution is 6.08. The number of aliphatic carboxylic acids is 1. The fourth-order valence-corrected chi connectivity index (χ4v) is 4.15. The van der Waals surface area contributed by atoms with Crippen LogP contribution in [0.25, 0.3) is 17.2 Å². The average molecular weight is 507 g/mol. The molecule has 0 radical (unpaired) electrons. The molecule has 0 aromatic heterocycles. The van der Waals surface area contributed by atoms with E-state index in [4.69, 9.17) is 9.84 Å². The zero-order valence-electron chi connectivity index (χ0n) is 21.7. The van der Waals surface area contributed by atoms with Gasteiger partial charge in [-0.3, -0.25) is 4.79 Å². The minimum absolute atomic E-state index is 0.217. The monoisotopic (exact) mass is 506 g/mol. The minimum Gasteiger partial charge on any atom is -0.496 e. The lowest BCUT2D eigenvalue weighted by Crippen LogP contribution is -2.30. The highest BCUT2D eigenvalue weighted by Crippen LogP contribution is 2.28. The predicted molar refractivity (Wildman–Crippen MR) is 153 cm³/mol. The molecule has 0 saturated carbocycles. The van der Waals surface area contributed by atoms with Crippen LogP contribution >= 0.6 is 0 Å². The summed E-state index contributed by atoms with van der Waals surface area (Å²) >= 11 is 0. The molecule has 0 aliphatic heterocycles. The number of amides is 1. The second-order valence-electron chi connectivity index (χ2n) is 9.00. The second kappa shape index (κ2) is 11.9. The van der Waals surface area contributed by atoms with Crippen LogP contribution < -0.4 is 14.5 Å². The molecular weight excluding hydrogens is 476 g/mol. The number of anilines is 2. The summed E-state index contributed by atoms with van der Waals surface area (Å²) < 4.78 is 5.45. The van der Waals surface area contributed by atoms with Gasteiger partial charge in [0.05, 0.1) is 19.2 Å². The maximum atomic E-state index is 13.8. The molecule has 1 amide bonds. The Morgan fingerprint density at radius 3 is 2.11 bits per heavy atom. The molecule has 0 spiro atoms. The number of rotatable bonds is 9. The summed E-state index contributed by atoms with van der Waals surface area (Å²) in [7, 11) is 5.57. The smallest absolute Gasteiger partial charge is 0.328 e. The van der Waals surface area contributed by atoms with Gasteiger partial charge >= 0.3 is 5.97 Å². The summed E-state index contributed by atoms with van der Waals surface area (Å²) in [5, 5.41) is 9.02. The summed E-state index contributed by atoms with van der Waals surface area (Å²) in [4.78, 5) is 28.6. The summed E-state index contributed by atoms with van der Waals surface area (Å²) in [5.41, 5.74) is 6.06. The maximum absolute atomic E-state index is 13.8. The Morgan fingerprint density at radius 2 is 1.47 bits per heavy atom. The van der Waals surface area contributed by atoms with E-state index in [0.717, 1.165) is 28.5 Å². The Balaban J connectivity index is 1.67. The van der Waals surface area contributed by atoms with Gasteiger partial charge < -0.3 is 19.6 Å². The van der Waals surface area contributed by atoms with Crippen molar-refractivity contribution in [3.8, 4) is 16.9 Å². The largest absolute Gasteiger partial charge is 0.496 e. The Hall–Kier alpha value is -4.84. The molecule has 4 aromatic carbocycles. The molecule has 6 nitrogen and oxygen atoms in total. The van der Waals surface area contributed by atoms with Gasteiger partial charge in [-0.25, -0.2) is 4.79 Å². The molecule has 38 heavy (non-hydrogen) atoms. The first-order chi connectivity index (χ1) is 18.4. The van der Waals surface area contributed by atoms with Crippen LogP contribution in [0.3, 0.4) is 0 Å². The quantitative estimate of drug-likeness (QED) is 0.267. The van der Waals surface area contributed by atoms with Crippen LogP contribution in [0.1, 0.15) is 21.5 Å². The topological polar surface area (TPSA) is 70.1 Å². The van der Waals surface area contributed by atoms with E-state index in [1.165, 1.54) is 13.2 Å². The molecule has 0 unspecified atom stereocenters. The van der Waals surface area contributed by atoms with E-state index in [2.05, 4.69) is 41.3 Å². The fraction of sp³-hybridized carbons (Fsp3) is 0.125. The zero-order valence-corrected chi connectivity index (χ0v) is 21.7. The van der Waals surface area contributed by atoms with Gasteiger partial charge in [0.25, 0.3) is 5.91 Å². The summed E-state index contributed by atoms with van der Waals surface area (Å²) in [5.74, 6) is -0.764. The number of carboxylic acid groups (broad SMARTS) is 1. The van der Waals surface area contributed by atoms with E-state index in [1.54, 1.807) is 41.3 Å². The Morgan fingerprint density at radius 1 is 0.816 bits per heavy atom. The molecule has 0 bridgehead atoms. The molecule has 4 rings (SSSR count). The SMILES string of the molecule is COc1ccccc1C(=O)N(Cc1ccc(-c2ccc(N(C)C)cc2)cc1)c1cccc(/C=C/C(=O)O)c1. The molecule has 0 saturated heterocycles. The molecule has 0 aliphatic rings. The predicted octanol–water partition coefficient (Wildman–Crippen LogP) is 6.37. The van der Waals surface area contributed by atoms with Crippen molar-refractivity contribution in [2.45, 2.75) is 6.54 Å². The Bertz CT molecular complexity index is 1440. The highest BCUT2D eigenvalue weighted by Gasteiger charge is 2.21. The van der Waals surface area contributed by atoms with Gasteiger partial charge in [-0.2, -0.15) is 0 Å². The number of ether oxygens (including phenoxy) is 1. The molecular formula is C32H30N2O4. The van der Waals surface area contributed by atoms with Crippen LogP contribution in [0.15, 0.2) is 103 Å². The van der Waals surface area contributed by atoms with Gasteiger partial charge in [0.2, 0.25) is 0 Å². The van der Waals surface area contributed by atoms with Crippen molar-refractivity contribution in [1.29, 1.82) is 0 Å².